The molecule has 3 N–H and O–H groups in total. The number of halogens is 4. The van der Waals surface area contributed by atoms with Crippen LogP contribution in [0.25, 0.3) is 0 Å². The molecule has 1 saturated carbocycles. The van der Waals surface area contributed by atoms with E-state index < -0.39 is 11.7 Å². The van der Waals surface area contributed by atoms with Gasteiger partial charge < -0.3 is 11.1 Å². The van der Waals surface area contributed by atoms with E-state index in [1.165, 1.54) is 0 Å². The van der Waals surface area contributed by atoms with Crippen LogP contribution >= 0.6 is 11.6 Å². The third-order valence-electron chi connectivity index (χ3n) is 3.46. The number of hydrogen-bond acceptors (Lipinski definition) is 2. The van der Waals surface area contributed by atoms with E-state index in [0.29, 0.717) is 6.42 Å². The van der Waals surface area contributed by atoms with Crippen LogP contribution in [0.15, 0.2) is 18.2 Å². The summed E-state index contributed by atoms with van der Waals surface area (Å²) in [6.45, 7) is 0. The molecule has 0 aromatic heterocycles. The van der Waals surface area contributed by atoms with Crippen LogP contribution in [0.5, 0.6) is 0 Å². The number of amides is 1. The van der Waals surface area contributed by atoms with Crippen LogP contribution in [0.3, 0.4) is 0 Å². The minimum atomic E-state index is -4.48. The number of anilines is 1. The van der Waals surface area contributed by atoms with Crippen molar-refractivity contribution in [1.82, 2.24) is 0 Å². The minimum absolute atomic E-state index is 0.0365. The Morgan fingerprint density at radius 1 is 1.35 bits per heavy atom. The first-order valence-electron chi connectivity index (χ1n) is 6.22. The molecule has 0 heterocycles. The summed E-state index contributed by atoms with van der Waals surface area (Å²) in [6, 6.07) is 2.58. The molecule has 0 aliphatic heterocycles. The molecule has 1 aromatic carbocycles. The second-order valence-electron chi connectivity index (χ2n) is 4.88. The van der Waals surface area contributed by atoms with E-state index in [1.807, 2.05) is 0 Å². The number of benzene rings is 1. The molecule has 2 atom stereocenters. The van der Waals surface area contributed by atoms with Crippen molar-refractivity contribution in [2.75, 3.05) is 5.32 Å². The van der Waals surface area contributed by atoms with Crippen molar-refractivity contribution in [3.05, 3.63) is 28.8 Å². The Morgan fingerprint density at radius 2 is 2.05 bits per heavy atom. The number of carbonyl (C=O) groups is 1. The summed E-state index contributed by atoms with van der Waals surface area (Å²) in [5, 5.41) is 2.51. The van der Waals surface area contributed by atoms with Gasteiger partial charge in [-0.2, -0.15) is 13.2 Å². The van der Waals surface area contributed by atoms with Gasteiger partial charge in [0, 0.05) is 6.04 Å². The van der Waals surface area contributed by atoms with Gasteiger partial charge in [0.1, 0.15) is 0 Å². The minimum Gasteiger partial charge on any atom is -0.327 e. The molecular weight excluding hydrogens is 293 g/mol. The Labute approximate surface area is 119 Å². The predicted molar refractivity (Wildman–Crippen MR) is 70.4 cm³/mol. The van der Waals surface area contributed by atoms with Gasteiger partial charge in [0.25, 0.3) is 0 Å². The zero-order valence-electron chi connectivity index (χ0n) is 10.5. The summed E-state index contributed by atoms with van der Waals surface area (Å²) >= 11 is 5.82. The summed E-state index contributed by atoms with van der Waals surface area (Å²) in [5.74, 6) is -0.753. The lowest BCUT2D eigenvalue weighted by Crippen LogP contribution is -2.34. The quantitative estimate of drug-likeness (QED) is 0.879. The molecule has 1 aromatic rings. The molecule has 0 saturated heterocycles. The average Bonchev–Trinajstić information content (AvgIpc) is 2.77. The van der Waals surface area contributed by atoms with Crippen LogP contribution in [-0.2, 0) is 11.0 Å². The summed E-state index contributed by atoms with van der Waals surface area (Å²) in [5.41, 5.74) is 4.91. The lowest BCUT2D eigenvalue weighted by molar-refractivity contribution is -0.137. The molecule has 3 nitrogen and oxygen atoms in total. The van der Waals surface area contributed by atoms with Crippen LogP contribution in [0.1, 0.15) is 24.8 Å². The molecule has 0 radical (unpaired) electrons. The topological polar surface area (TPSA) is 55.1 Å². The van der Waals surface area contributed by atoms with Gasteiger partial charge in [-0.05, 0) is 31.0 Å². The molecular formula is C13H14ClF3N2O. The van der Waals surface area contributed by atoms with E-state index in [1.54, 1.807) is 0 Å². The van der Waals surface area contributed by atoms with Gasteiger partial charge in [0.2, 0.25) is 5.91 Å². The van der Waals surface area contributed by atoms with Crippen molar-refractivity contribution in [2.24, 2.45) is 11.7 Å². The third kappa shape index (κ3) is 3.24. The highest BCUT2D eigenvalue weighted by molar-refractivity contribution is 6.33. The summed E-state index contributed by atoms with van der Waals surface area (Å²) < 4.78 is 37.9. The Balaban J connectivity index is 2.18. The Bertz CT molecular complexity index is 519. The standard InChI is InChI=1S/C13H14ClF3N2O/c14-9-5-4-7(13(15,16)17)6-11(9)19-12(20)8-2-1-3-10(8)18/h4-6,8,10H,1-3,18H2,(H,19,20). The first-order valence-corrected chi connectivity index (χ1v) is 6.60. The smallest absolute Gasteiger partial charge is 0.327 e. The van der Waals surface area contributed by atoms with Crippen molar-refractivity contribution in [1.29, 1.82) is 0 Å². The zero-order chi connectivity index (χ0) is 14.9. The normalized spacial score (nSPS) is 22.9. The Hall–Kier alpha value is -1.27. The Kier molecular flexibility index (Phi) is 4.25. The molecule has 0 bridgehead atoms. The SMILES string of the molecule is NC1CCCC1C(=O)Nc1cc(C(F)(F)F)ccc1Cl. The van der Waals surface area contributed by atoms with Crippen LogP contribution in [0, 0.1) is 5.92 Å². The molecule has 1 fully saturated rings. The first kappa shape index (κ1) is 15.1. The van der Waals surface area contributed by atoms with E-state index in [4.69, 9.17) is 17.3 Å². The summed E-state index contributed by atoms with van der Waals surface area (Å²) in [6.07, 6.45) is -2.25. The molecule has 2 unspecified atom stereocenters. The lowest BCUT2D eigenvalue weighted by atomic mass is 10.0. The van der Waals surface area contributed by atoms with Crippen LogP contribution in [-0.4, -0.2) is 11.9 Å². The van der Waals surface area contributed by atoms with Crippen molar-refractivity contribution >= 4 is 23.2 Å². The molecule has 1 aliphatic carbocycles. The first-order chi connectivity index (χ1) is 9.29. The van der Waals surface area contributed by atoms with Crippen LogP contribution < -0.4 is 11.1 Å². The van der Waals surface area contributed by atoms with Crippen molar-refractivity contribution in [3.8, 4) is 0 Å². The van der Waals surface area contributed by atoms with E-state index in [-0.39, 0.29) is 28.6 Å². The number of carbonyl (C=O) groups excluding carboxylic acids is 1. The monoisotopic (exact) mass is 306 g/mol. The van der Waals surface area contributed by atoms with Crippen molar-refractivity contribution in [2.45, 2.75) is 31.5 Å². The second-order valence-corrected chi connectivity index (χ2v) is 5.29. The molecule has 7 heteroatoms. The van der Waals surface area contributed by atoms with E-state index in [9.17, 15) is 18.0 Å². The number of nitrogens with two attached hydrogens (primary N) is 1. The van der Waals surface area contributed by atoms with E-state index >= 15 is 0 Å². The highest BCUT2D eigenvalue weighted by Crippen LogP contribution is 2.34. The molecule has 20 heavy (non-hydrogen) atoms. The van der Waals surface area contributed by atoms with Gasteiger partial charge in [-0.3, -0.25) is 4.79 Å². The Morgan fingerprint density at radius 3 is 2.60 bits per heavy atom. The van der Waals surface area contributed by atoms with Gasteiger partial charge >= 0.3 is 6.18 Å². The van der Waals surface area contributed by atoms with Crippen molar-refractivity contribution < 1.29 is 18.0 Å². The molecule has 0 spiro atoms. The van der Waals surface area contributed by atoms with Gasteiger partial charge in [-0.1, -0.05) is 18.0 Å². The van der Waals surface area contributed by atoms with Gasteiger partial charge in [0.05, 0.1) is 22.2 Å². The van der Waals surface area contributed by atoms with E-state index in [2.05, 4.69) is 5.32 Å². The second kappa shape index (κ2) is 5.61. The highest BCUT2D eigenvalue weighted by atomic mass is 35.5. The number of rotatable bonds is 2. The van der Waals surface area contributed by atoms with Gasteiger partial charge in [0.15, 0.2) is 0 Å². The molecule has 1 aliphatic rings. The maximum Gasteiger partial charge on any atom is 0.416 e. The van der Waals surface area contributed by atoms with Gasteiger partial charge in [-0.15, -0.1) is 0 Å². The van der Waals surface area contributed by atoms with E-state index in [0.717, 1.165) is 31.0 Å². The van der Waals surface area contributed by atoms with Crippen molar-refractivity contribution in [3.63, 3.8) is 0 Å². The maximum absolute atomic E-state index is 12.6. The fourth-order valence-electron chi connectivity index (χ4n) is 2.34. The molecule has 110 valence electrons. The van der Waals surface area contributed by atoms with Crippen LogP contribution in [0.4, 0.5) is 18.9 Å². The number of alkyl halides is 3. The highest BCUT2D eigenvalue weighted by Gasteiger charge is 2.33. The fourth-order valence-corrected chi connectivity index (χ4v) is 2.50. The van der Waals surface area contributed by atoms with Crippen LogP contribution in [0.2, 0.25) is 5.02 Å². The summed E-state index contributed by atoms with van der Waals surface area (Å²) in [7, 11) is 0. The lowest BCUT2D eigenvalue weighted by Gasteiger charge is -2.17. The average molecular weight is 307 g/mol. The maximum atomic E-state index is 12.6. The summed E-state index contributed by atoms with van der Waals surface area (Å²) in [4.78, 5) is 12.0. The molecule has 1 amide bonds. The van der Waals surface area contributed by atoms with Gasteiger partial charge in [-0.25, -0.2) is 0 Å². The third-order valence-corrected chi connectivity index (χ3v) is 3.79. The predicted octanol–water partition coefficient (Wildman–Crippen LogP) is 3.42. The number of nitrogens with one attached hydrogen (secondary N) is 1. The number of hydrogen-bond donors (Lipinski definition) is 2. The molecule has 2 rings (SSSR count). The fraction of sp³-hybridized carbons (Fsp3) is 0.462. The zero-order valence-corrected chi connectivity index (χ0v) is 11.3. The largest absolute Gasteiger partial charge is 0.416 e.